The fourth-order valence-electron chi connectivity index (χ4n) is 1.59. The van der Waals surface area contributed by atoms with Gasteiger partial charge in [-0.3, -0.25) is 9.59 Å². The molecule has 0 fully saturated rings. The van der Waals surface area contributed by atoms with Crippen LogP contribution in [0.2, 0.25) is 5.02 Å². The lowest BCUT2D eigenvalue weighted by molar-refractivity contribution is -0.123. The molecule has 0 bridgehead atoms. The van der Waals surface area contributed by atoms with Crippen LogP contribution in [0.15, 0.2) is 18.2 Å². The first kappa shape index (κ1) is 17.3. The number of nitrogens with one attached hydrogen (secondary N) is 1. The summed E-state index contributed by atoms with van der Waals surface area (Å²) in [6.07, 6.45) is 0.867. The molecule has 3 N–H and O–H groups in total. The van der Waals surface area contributed by atoms with Gasteiger partial charge in [0.2, 0.25) is 0 Å². The second-order valence-electron chi connectivity index (χ2n) is 5.95. The Bertz CT molecular complexity index is 524. The summed E-state index contributed by atoms with van der Waals surface area (Å²) in [5.41, 5.74) is 5.55. The van der Waals surface area contributed by atoms with E-state index in [4.69, 9.17) is 22.1 Å². The van der Waals surface area contributed by atoms with Crippen LogP contribution in [0.4, 0.5) is 0 Å². The first-order valence-electron chi connectivity index (χ1n) is 6.68. The van der Waals surface area contributed by atoms with Crippen molar-refractivity contribution in [2.45, 2.75) is 27.2 Å². The van der Waals surface area contributed by atoms with E-state index in [1.54, 1.807) is 6.07 Å². The summed E-state index contributed by atoms with van der Waals surface area (Å²) in [5, 5.41) is 3.14. The summed E-state index contributed by atoms with van der Waals surface area (Å²) in [7, 11) is 0. The number of hydrogen-bond donors (Lipinski definition) is 2. The van der Waals surface area contributed by atoms with Crippen LogP contribution >= 0.6 is 11.6 Å². The molecular weight excluding hydrogens is 292 g/mol. The largest absolute Gasteiger partial charge is 0.483 e. The standard InChI is InChI=1S/C15H21ClN2O3/c1-15(2,3)6-7-18-13(19)9-21-12-5-4-10(16)8-11(12)14(17)20/h4-5,8H,6-7,9H2,1-3H3,(H2,17,20)(H,18,19). The minimum Gasteiger partial charge on any atom is -0.483 e. The van der Waals surface area contributed by atoms with E-state index in [9.17, 15) is 9.59 Å². The monoisotopic (exact) mass is 312 g/mol. The first-order chi connectivity index (χ1) is 9.69. The summed E-state index contributed by atoms with van der Waals surface area (Å²) < 4.78 is 5.33. The van der Waals surface area contributed by atoms with Gasteiger partial charge in [-0.2, -0.15) is 0 Å². The van der Waals surface area contributed by atoms with Crippen molar-refractivity contribution in [1.82, 2.24) is 5.32 Å². The Hall–Kier alpha value is -1.75. The molecule has 0 spiro atoms. The summed E-state index contributed by atoms with van der Waals surface area (Å²) in [5.74, 6) is -0.650. The van der Waals surface area contributed by atoms with Gasteiger partial charge in [-0.15, -0.1) is 0 Å². The van der Waals surface area contributed by atoms with E-state index in [1.807, 2.05) is 0 Å². The van der Waals surface area contributed by atoms with E-state index < -0.39 is 5.91 Å². The van der Waals surface area contributed by atoms with E-state index in [-0.39, 0.29) is 29.2 Å². The number of nitrogens with two attached hydrogens (primary N) is 1. The maximum atomic E-state index is 11.7. The Morgan fingerprint density at radius 2 is 2.00 bits per heavy atom. The van der Waals surface area contributed by atoms with Gasteiger partial charge in [0, 0.05) is 11.6 Å². The highest BCUT2D eigenvalue weighted by molar-refractivity contribution is 6.31. The summed E-state index contributed by atoms with van der Waals surface area (Å²) in [6, 6.07) is 4.50. The van der Waals surface area contributed by atoms with Crippen LogP contribution in [0.1, 0.15) is 37.6 Å². The lowest BCUT2D eigenvalue weighted by Gasteiger charge is -2.18. The van der Waals surface area contributed by atoms with E-state index in [0.717, 1.165) is 6.42 Å². The number of halogens is 1. The fraction of sp³-hybridized carbons (Fsp3) is 0.467. The highest BCUT2D eigenvalue weighted by atomic mass is 35.5. The van der Waals surface area contributed by atoms with Crippen LogP contribution in [-0.2, 0) is 4.79 Å². The zero-order valence-electron chi connectivity index (χ0n) is 12.5. The Balaban J connectivity index is 2.52. The average molecular weight is 313 g/mol. The summed E-state index contributed by atoms with van der Waals surface area (Å²) >= 11 is 5.79. The van der Waals surface area contributed by atoms with Crippen LogP contribution in [0, 0.1) is 5.41 Å². The average Bonchev–Trinajstić information content (AvgIpc) is 2.35. The van der Waals surface area contributed by atoms with Gasteiger partial charge in [0.15, 0.2) is 6.61 Å². The van der Waals surface area contributed by atoms with Crippen molar-refractivity contribution < 1.29 is 14.3 Å². The molecule has 0 radical (unpaired) electrons. The second-order valence-corrected chi connectivity index (χ2v) is 6.39. The van der Waals surface area contributed by atoms with Crippen LogP contribution in [0.25, 0.3) is 0 Å². The third-order valence-corrected chi connectivity index (χ3v) is 3.00. The number of benzene rings is 1. The van der Waals surface area contributed by atoms with E-state index in [2.05, 4.69) is 26.1 Å². The van der Waals surface area contributed by atoms with Gasteiger partial charge in [-0.05, 0) is 30.0 Å². The van der Waals surface area contributed by atoms with E-state index in [0.29, 0.717) is 11.6 Å². The molecule has 1 aromatic rings. The number of rotatable bonds is 6. The predicted octanol–water partition coefficient (Wildman–Crippen LogP) is 2.37. The Morgan fingerprint density at radius 1 is 1.33 bits per heavy atom. The molecule has 1 aromatic carbocycles. The number of ether oxygens (including phenoxy) is 1. The SMILES string of the molecule is CC(C)(C)CCNC(=O)COc1ccc(Cl)cc1C(N)=O. The molecular formula is C15H21ClN2O3. The maximum absolute atomic E-state index is 11.7. The molecule has 1 rings (SSSR count). The Morgan fingerprint density at radius 3 is 2.57 bits per heavy atom. The third-order valence-electron chi connectivity index (χ3n) is 2.76. The van der Waals surface area contributed by atoms with Crippen molar-refractivity contribution in [3.8, 4) is 5.75 Å². The van der Waals surface area contributed by atoms with Gasteiger partial charge in [0.05, 0.1) is 5.56 Å². The molecule has 0 unspecified atom stereocenters. The number of primary amides is 1. The fourth-order valence-corrected chi connectivity index (χ4v) is 1.76. The zero-order valence-corrected chi connectivity index (χ0v) is 13.3. The Kier molecular flexibility index (Phi) is 6.03. The van der Waals surface area contributed by atoms with Crippen LogP contribution in [-0.4, -0.2) is 25.0 Å². The Labute approximate surface area is 129 Å². The van der Waals surface area contributed by atoms with Crippen molar-refractivity contribution in [3.63, 3.8) is 0 Å². The lowest BCUT2D eigenvalue weighted by Crippen LogP contribution is -2.31. The van der Waals surface area contributed by atoms with Crippen LogP contribution < -0.4 is 15.8 Å². The van der Waals surface area contributed by atoms with Crippen molar-refractivity contribution in [3.05, 3.63) is 28.8 Å². The van der Waals surface area contributed by atoms with Gasteiger partial charge in [-0.25, -0.2) is 0 Å². The number of carbonyl (C=O) groups is 2. The maximum Gasteiger partial charge on any atom is 0.257 e. The topological polar surface area (TPSA) is 81.4 Å². The van der Waals surface area contributed by atoms with Crippen LogP contribution in [0.3, 0.4) is 0 Å². The number of hydrogen-bond acceptors (Lipinski definition) is 3. The lowest BCUT2D eigenvalue weighted by atomic mass is 9.92. The first-order valence-corrected chi connectivity index (χ1v) is 7.06. The minimum absolute atomic E-state index is 0.156. The highest BCUT2D eigenvalue weighted by Gasteiger charge is 2.13. The number of carbonyl (C=O) groups excluding carboxylic acids is 2. The zero-order chi connectivity index (χ0) is 16.0. The van der Waals surface area contributed by atoms with E-state index >= 15 is 0 Å². The molecule has 6 heteroatoms. The van der Waals surface area contributed by atoms with Gasteiger partial charge in [-0.1, -0.05) is 32.4 Å². The van der Waals surface area contributed by atoms with Gasteiger partial charge < -0.3 is 15.8 Å². The van der Waals surface area contributed by atoms with Crippen molar-refractivity contribution in [2.75, 3.05) is 13.2 Å². The molecule has 116 valence electrons. The molecule has 0 aliphatic rings. The van der Waals surface area contributed by atoms with Crippen molar-refractivity contribution >= 4 is 23.4 Å². The molecule has 0 aliphatic heterocycles. The molecule has 0 saturated heterocycles. The molecule has 0 aromatic heterocycles. The summed E-state index contributed by atoms with van der Waals surface area (Å²) in [4.78, 5) is 23.0. The normalized spacial score (nSPS) is 11.0. The molecule has 2 amide bonds. The quantitative estimate of drug-likeness (QED) is 0.846. The van der Waals surface area contributed by atoms with Gasteiger partial charge in [0.1, 0.15) is 5.75 Å². The second kappa shape index (κ2) is 7.31. The van der Waals surface area contributed by atoms with Gasteiger partial charge >= 0.3 is 0 Å². The molecule has 0 atom stereocenters. The summed E-state index contributed by atoms with van der Waals surface area (Å²) in [6.45, 7) is 6.70. The van der Waals surface area contributed by atoms with Gasteiger partial charge in [0.25, 0.3) is 11.8 Å². The smallest absolute Gasteiger partial charge is 0.257 e. The third kappa shape index (κ3) is 6.49. The molecule has 5 nitrogen and oxygen atoms in total. The van der Waals surface area contributed by atoms with Crippen molar-refractivity contribution in [2.24, 2.45) is 11.1 Å². The molecule has 0 saturated carbocycles. The predicted molar refractivity (Wildman–Crippen MR) is 82.5 cm³/mol. The highest BCUT2D eigenvalue weighted by Crippen LogP contribution is 2.22. The molecule has 21 heavy (non-hydrogen) atoms. The van der Waals surface area contributed by atoms with Crippen molar-refractivity contribution in [1.29, 1.82) is 0 Å². The minimum atomic E-state index is -0.652. The number of amides is 2. The van der Waals surface area contributed by atoms with E-state index in [1.165, 1.54) is 12.1 Å². The molecule has 0 aliphatic carbocycles. The molecule has 0 heterocycles. The van der Waals surface area contributed by atoms with Crippen LogP contribution in [0.5, 0.6) is 5.75 Å².